The van der Waals surface area contributed by atoms with Gasteiger partial charge in [0, 0.05) is 45.1 Å². The Labute approximate surface area is 588 Å². The fourth-order valence-corrected chi connectivity index (χ4v) is 17.1. The lowest BCUT2D eigenvalue weighted by Crippen LogP contribution is -2.47. The summed E-state index contributed by atoms with van der Waals surface area (Å²) in [6.45, 7) is 9.17. The van der Waals surface area contributed by atoms with E-state index in [2.05, 4.69) is 52.0 Å². The van der Waals surface area contributed by atoms with E-state index in [0.717, 1.165) is 120 Å². The first kappa shape index (κ1) is 79.0. The molecule has 0 radical (unpaired) electrons. The van der Waals surface area contributed by atoms with Gasteiger partial charge >= 0.3 is 0 Å². The van der Waals surface area contributed by atoms with E-state index >= 15 is 19.2 Å². The van der Waals surface area contributed by atoms with Crippen molar-refractivity contribution in [2.24, 2.45) is 0 Å². The zero-order valence-corrected chi connectivity index (χ0v) is 62.7. The molecule has 0 unspecified atom stereocenters. The van der Waals surface area contributed by atoms with Gasteiger partial charge in [-0.2, -0.15) is 0 Å². The van der Waals surface area contributed by atoms with Gasteiger partial charge in [-0.25, -0.2) is 0 Å². The van der Waals surface area contributed by atoms with Crippen LogP contribution < -0.4 is 0 Å². The fourth-order valence-electron chi connectivity index (χ4n) is 17.1. The van der Waals surface area contributed by atoms with E-state index in [-0.39, 0.29) is 35.7 Å². The summed E-state index contributed by atoms with van der Waals surface area (Å²) in [5.41, 5.74) is 2.48. The van der Waals surface area contributed by atoms with E-state index in [1.54, 1.807) is 9.80 Å². The predicted octanol–water partition coefficient (Wildman–Crippen LogP) is 29.2. The van der Waals surface area contributed by atoms with Crippen molar-refractivity contribution in [3.63, 3.8) is 0 Å². The lowest BCUT2D eigenvalue weighted by molar-refractivity contribution is 0.0501. The van der Waals surface area contributed by atoms with Crippen LogP contribution in [0.25, 0.3) is 43.1 Å². The number of hydrogen-bond donors (Lipinski definition) is 0. The Morgan fingerprint density at radius 2 is 0.344 bits per heavy atom. The summed E-state index contributed by atoms with van der Waals surface area (Å²) in [6, 6.07) is 16.1. The Bertz CT molecular complexity index is 2570. The molecule has 0 spiro atoms. The highest BCUT2D eigenvalue weighted by molar-refractivity contribution is 6.41. The maximum absolute atomic E-state index is 15.2. The number of rotatable bonds is 62. The minimum atomic E-state index is -0.151. The molecule has 2 heterocycles. The molecule has 0 aliphatic carbocycles. The lowest BCUT2D eigenvalue weighted by atomic mass is 9.81. The molecule has 0 bridgehead atoms. The normalized spacial score (nSPS) is 13.4. The third-order valence-corrected chi connectivity index (χ3v) is 23.0. The van der Waals surface area contributed by atoms with Crippen LogP contribution >= 0.6 is 0 Å². The minimum Gasteiger partial charge on any atom is -0.271 e. The first-order valence-electron chi connectivity index (χ1n) is 42.3. The summed E-state index contributed by atoms with van der Waals surface area (Å²) in [4.78, 5) is 64.3. The summed E-state index contributed by atoms with van der Waals surface area (Å²) in [7, 11) is 0. The smallest absolute Gasteiger partial charge is 0.261 e. The van der Waals surface area contributed by atoms with Crippen LogP contribution in [0.5, 0.6) is 0 Å². The number of hydrogen-bond acceptors (Lipinski definition) is 4. The van der Waals surface area contributed by atoms with Crippen molar-refractivity contribution in [2.45, 2.75) is 425 Å². The number of amides is 4. The summed E-state index contributed by atoms with van der Waals surface area (Å²) in [6.07, 6.45) is 76.6. The molecule has 7 rings (SSSR count). The van der Waals surface area contributed by atoms with Crippen LogP contribution in [-0.2, 0) is 0 Å². The molecule has 0 saturated heterocycles. The van der Waals surface area contributed by atoms with E-state index in [4.69, 9.17) is 0 Å². The predicted molar refractivity (Wildman–Crippen MR) is 416 cm³/mol. The molecule has 0 N–H and O–H groups in total. The SMILES string of the molecule is CCCCCCCCCCCCCCCCC(CCCCCCCCCCCCCCCC)N1C(=O)c2ccc3c4ccc5c6c(ccc(c7ccc(c2c37)C1=O)c64)C(=O)N(C(CCCCCCCCCCCCCCCC)CCCCCCCCCCCCCCCC)C5=O. The Balaban J connectivity index is 1.01. The number of unbranched alkanes of at least 4 members (excludes halogenated alkanes) is 52. The molecular weight excluding hydrogens is 1170 g/mol. The second-order valence-corrected chi connectivity index (χ2v) is 31.0. The molecule has 6 heteroatoms. The zero-order chi connectivity index (χ0) is 67.6. The van der Waals surface area contributed by atoms with Crippen LogP contribution in [-0.4, -0.2) is 45.5 Å². The topological polar surface area (TPSA) is 74.8 Å². The van der Waals surface area contributed by atoms with Crippen molar-refractivity contribution >= 4 is 66.7 Å². The van der Waals surface area contributed by atoms with Crippen LogP contribution in [0, 0.1) is 0 Å². The van der Waals surface area contributed by atoms with E-state index in [0.29, 0.717) is 22.3 Å². The first-order valence-corrected chi connectivity index (χ1v) is 42.3. The number of imide groups is 2. The standard InChI is InChI=1S/C90H142N2O4/c1-5-9-13-17-21-25-29-33-37-41-45-49-53-57-61-73(62-58-54-50-46-42-38-34-30-26-22-18-14-10-6-2)91-87(93)79-69-65-75-77-67-71-81-86-82(72-68-78(84(77)86)76-66-70-80(88(91)94)85(79)83(75)76)90(96)92(89(81)95)74(63-59-55-51-47-43-39-35-31-27-23-19-15-11-7-3)64-60-56-52-48-44-40-36-32-28-24-20-16-12-8-4/h65-74H,5-64H2,1-4H3. The number of benzene rings is 5. The molecule has 0 fully saturated rings. The second-order valence-electron chi connectivity index (χ2n) is 31.0. The molecule has 4 amide bonds. The first-order chi connectivity index (χ1) is 47.4. The number of nitrogens with zero attached hydrogens (tertiary/aromatic N) is 2. The number of fused-ring (bicyclic) bond motifs is 2. The molecule has 2 aliphatic rings. The summed E-state index contributed by atoms with van der Waals surface area (Å²) in [5.74, 6) is -0.604. The molecule has 0 aromatic heterocycles. The van der Waals surface area contributed by atoms with E-state index < -0.39 is 0 Å². The summed E-state index contributed by atoms with van der Waals surface area (Å²) < 4.78 is 0. The van der Waals surface area contributed by atoms with E-state index in [1.165, 1.54) is 308 Å². The van der Waals surface area contributed by atoms with Crippen LogP contribution in [0.4, 0.5) is 0 Å². The molecule has 0 atom stereocenters. The van der Waals surface area contributed by atoms with Gasteiger partial charge < -0.3 is 0 Å². The molecule has 6 nitrogen and oxygen atoms in total. The van der Waals surface area contributed by atoms with Crippen LogP contribution in [0.1, 0.15) is 454 Å². The molecule has 0 saturated carbocycles. The molecule has 536 valence electrons. The van der Waals surface area contributed by atoms with Crippen molar-refractivity contribution < 1.29 is 19.2 Å². The maximum Gasteiger partial charge on any atom is 0.261 e. The largest absolute Gasteiger partial charge is 0.271 e. The van der Waals surface area contributed by atoms with Crippen molar-refractivity contribution in [1.82, 2.24) is 9.80 Å². The van der Waals surface area contributed by atoms with Gasteiger partial charge in [-0.3, -0.25) is 29.0 Å². The molecular formula is C90H142N2O4. The van der Waals surface area contributed by atoms with E-state index in [1.807, 2.05) is 24.3 Å². The molecule has 96 heavy (non-hydrogen) atoms. The van der Waals surface area contributed by atoms with Crippen molar-refractivity contribution in [2.75, 3.05) is 0 Å². The summed E-state index contributed by atoms with van der Waals surface area (Å²) >= 11 is 0. The van der Waals surface area contributed by atoms with Crippen molar-refractivity contribution in [3.8, 4) is 0 Å². The Morgan fingerprint density at radius 3 is 0.500 bits per heavy atom. The highest BCUT2D eigenvalue weighted by Crippen LogP contribution is 2.47. The Morgan fingerprint density at radius 1 is 0.198 bits per heavy atom. The maximum atomic E-state index is 15.2. The highest BCUT2D eigenvalue weighted by Gasteiger charge is 2.41. The Hall–Kier alpha value is -4.32. The Kier molecular flexibility index (Phi) is 39.2. The van der Waals surface area contributed by atoms with Crippen LogP contribution in [0.15, 0.2) is 48.5 Å². The van der Waals surface area contributed by atoms with E-state index in [9.17, 15) is 0 Å². The third-order valence-electron chi connectivity index (χ3n) is 23.0. The van der Waals surface area contributed by atoms with Crippen molar-refractivity contribution in [3.05, 3.63) is 70.8 Å². The van der Waals surface area contributed by atoms with Crippen LogP contribution in [0.2, 0.25) is 0 Å². The van der Waals surface area contributed by atoms with Crippen LogP contribution in [0.3, 0.4) is 0 Å². The average molecular weight is 1320 g/mol. The fraction of sp³-hybridized carbons (Fsp3) is 0.733. The highest BCUT2D eigenvalue weighted by atomic mass is 16.2. The number of carbonyl (C=O) groups is 4. The minimum absolute atomic E-state index is 0.125. The van der Waals surface area contributed by atoms with Gasteiger partial charge in [0.25, 0.3) is 23.6 Å². The van der Waals surface area contributed by atoms with Gasteiger partial charge in [-0.15, -0.1) is 0 Å². The quantitative estimate of drug-likeness (QED) is 0.0168. The van der Waals surface area contributed by atoms with Gasteiger partial charge in [-0.05, 0) is 82.3 Å². The summed E-state index contributed by atoms with van der Waals surface area (Å²) in [5, 5.41) is 7.26. The monoisotopic (exact) mass is 1320 g/mol. The second kappa shape index (κ2) is 47.7. The zero-order valence-electron chi connectivity index (χ0n) is 62.7. The van der Waals surface area contributed by atoms with Gasteiger partial charge in [0.05, 0.1) is 0 Å². The van der Waals surface area contributed by atoms with Gasteiger partial charge in [0.1, 0.15) is 0 Å². The average Bonchev–Trinajstić information content (AvgIpc) is 0.692. The lowest BCUT2D eigenvalue weighted by Gasteiger charge is -2.35. The molecule has 5 aromatic carbocycles. The molecule has 5 aromatic rings. The number of carbonyl (C=O) groups excluding carboxylic acids is 4. The third kappa shape index (κ3) is 25.1. The van der Waals surface area contributed by atoms with Crippen molar-refractivity contribution in [1.29, 1.82) is 0 Å². The van der Waals surface area contributed by atoms with Gasteiger partial charge in [0.15, 0.2) is 0 Å². The molecule has 2 aliphatic heterocycles. The van der Waals surface area contributed by atoms with Gasteiger partial charge in [0.2, 0.25) is 0 Å². The van der Waals surface area contributed by atoms with Gasteiger partial charge in [-0.1, -0.05) is 412 Å².